The lowest BCUT2D eigenvalue weighted by Gasteiger charge is -2.15. The van der Waals surface area contributed by atoms with Crippen LogP contribution in [0.1, 0.15) is 41.5 Å². The Morgan fingerprint density at radius 1 is 1.23 bits per heavy atom. The molecule has 5 nitrogen and oxygen atoms in total. The van der Waals surface area contributed by atoms with Gasteiger partial charge in [0, 0.05) is 12.1 Å². The van der Waals surface area contributed by atoms with Crippen molar-refractivity contribution < 1.29 is 9.18 Å². The molecular weight excluding hydrogens is 333 g/mol. The second-order valence-electron chi connectivity index (χ2n) is 6.20. The number of fused-ring (bicyclic) bond motifs is 1. The summed E-state index contributed by atoms with van der Waals surface area (Å²) in [7, 11) is 0. The van der Waals surface area contributed by atoms with Crippen molar-refractivity contribution in [2.75, 3.05) is 0 Å². The van der Waals surface area contributed by atoms with E-state index in [1.807, 2.05) is 13.8 Å². The predicted molar refractivity (Wildman–Crippen MR) is 98.7 cm³/mol. The zero-order chi connectivity index (χ0) is 18.8. The third kappa shape index (κ3) is 3.35. The SMILES string of the molecule is CCn1c(=O)c(C)nc2cc(C(=O)NC(C)c3ccc(F)cc3)ccc21. The Bertz CT molecular complexity index is 1030. The highest BCUT2D eigenvalue weighted by Crippen LogP contribution is 2.16. The molecule has 26 heavy (non-hydrogen) atoms. The molecule has 2 aromatic carbocycles. The molecule has 1 atom stereocenters. The first-order valence-electron chi connectivity index (χ1n) is 8.48. The fourth-order valence-electron chi connectivity index (χ4n) is 2.94. The van der Waals surface area contributed by atoms with Gasteiger partial charge >= 0.3 is 0 Å². The molecule has 1 N–H and O–H groups in total. The highest BCUT2D eigenvalue weighted by molar-refractivity contribution is 5.97. The van der Waals surface area contributed by atoms with Gasteiger partial charge in [-0.25, -0.2) is 9.37 Å². The molecule has 0 saturated carbocycles. The summed E-state index contributed by atoms with van der Waals surface area (Å²) in [6.07, 6.45) is 0. The van der Waals surface area contributed by atoms with Gasteiger partial charge in [-0.3, -0.25) is 9.59 Å². The van der Waals surface area contributed by atoms with E-state index < -0.39 is 0 Å². The van der Waals surface area contributed by atoms with E-state index in [1.165, 1.54) is 12.1 Å². The molecule has 1 heterocycles. The maximum absolute atomic E-state index is 13.0. The first-order chi connectivity index (χ1) is 12.4. The molecule has 0 aliphatic rings. The molecule has 0 radical (unpaired) electrons. The quantitative estimate of drug-likeness (QED) is 0.782. The number of amides is 1. The molecule has 1 unspecified atom stereocenters. The zero-order valence-electron chi connectivity index (χ0n) is 14.9. The molecule has 1 amide bonds. The van der Waals surface area contributed by atoms with Crippen molar-refractivity contribution in [1.82, 2.24) is 14.9 Å². The first-order valence-corrected chi connectivity index (χ1v) is 8.48. The Balaban J connectivity index is 1.90. The van der Waals surface area contributed by atoms with Gasteiger partial charge in [0.1, 0.15) is 11.5 Å². The minimum atomic E-state index is -0.315. The number of hydrogen-bond donors (Lipinski definition) is 1. The Labute approximate surface area is 150 Å². The minimum Gasteiger partial charge on any atom is -0.346 e. The molecule has 3 aromatic rings. The third-order valence-electron chi connectivity index (χ3n) is 4.41. The van der Waals surface area contributed by atoms with E-state index in [1.54, 1.807) is 41.8 Å². The van der Waals surface area contributed by atoms with Crippen LogP contribution in [0.15, 0.2) is 47.3 Å². The summed E-state index contributed by atoms with van der Waals surface area (Å²) >= 11 is 0. The van der Waals surface area contributed by atoms with Gasteiger partial charge < -0.3 is 9.88 Å². The van der Waals surface area contributed by atoms with Gasteiger partial charge in [0.05, 0.1) is 17.1 Å². The first kappa shape index (κ1) is 17.8. The molecule has 0 aliphatic heterocycles. The van der Waals surface area contributed by atoms with Crippen LogP contribution in [-0.4, -0.2) is 15.5 Å². The second kappa shape index (κ2) is 7.07. The molecule has 1 aromatic heterocycles. The van der Waals surface area contributed by atoms with Crippen molar-refractivity contribution in [2.45, 2.75) is 33.4 Å². The Morgan fingerprint density at radius 2 is 1.92 bits per heavy atom. The van der Waals surface area contributed by atoms with Crippen LogP contribution in [0, 0.1) is 12.7 Å². The molecule has 0 aliphatic carbocycles. The maximum Gasteiger partial charge on any atom is 0.272 e. The van der Waals surface area contributed by atoms with Gasteiger partial charge in [0.2, 0.25) is 0 Å². The molecule has 0 spiro atoms. The Morgan fingerprint density at radius 3 is 2.58 bits per heavy atom. The number of aromatic nitrogens is 2. The topological polar surface area (TPSA) is 64.0 Å². The summed E-state index contributed by atoms with van der Waals surface area (Å²) in [5.41, 5.74) is 2.85. The number of carbonyl (C=O) groups is 1. The number of hydrogen-bond acceptors (Lipinski definition) is 3. The van der Waals surface area contributed by atoms with E-state index in [0.717, 1.165) is 5.56 Å². The van der Waals surface area contributed by atoms with Crippen molar-refractivity contribution in [3.05, 3.63) is 75.5 Å². The molecule has 0 bridgehead atoms. The summed E-state index contributed by atoms with van der Waals surface area (Å²) < 4.78 is 14.7. The zero-order valence-corrected chi connectivity index (χ0v) is 14.9. The smallest absolute Gasteiger partial charge is 0.272 e. The van der Waals surface area contributed by atoms with Crippen molar-refractivity contribution in [1.29, 1.82) is 0 Å². The fourth-order valence-corrected chi connectivity index (χ4v) is 2.94. The van der Waals surface area contributed by atoms with Crippen molar-refractivity contribution >= 4 is 16.9 Å². The number of rotatable bonds is 4. The summed E-state index contributed by atoms with van der Waals surface area (Å²) in [5.74, 6) is -0.567. The number of halogens is 1. The number of benzene rings is 2. The lowest BCUT2D eigenvalue weighted by atomic mass is 10.1. The molecular formula is C20H20FN3O2. The van der Waals surface area contributed by atoms with Gasteiger partial charge in [0.15, 0.2) is 0 Å². The van der Waals surface area contributed by atoms with Crippen molar-refractivity contribution in [3.63, 3.8) is 0 Å². The van der Waals surface area contributed by atoms with Crippen LogP contribution in [-0.2, 0) is 6.54 Å². The van der Waals surface area contributed by atoms with Crippen LogP contribution in [0.5, 0.6) is 0 Å². The lowest BCUT2D eigenvalue weighted by molar-refractivity contribution is 0.0940. The molecule has 134 valence electrons. The van der Waals surface area contributed by atoms with Crippen LogP contribution < -0.4 is 10.9 Å². The number of nitrogens with zero attached hydrogens (tertiary/aromatic N) is 2. The summed E-state index contributed by atoms with van der Waals surface area (Å²) in [6.45, 7) is 5.93. The lowest BCUT2D eigenvalue weighted by Crippen LogP contribution is -2.27. The van der Waals surface area contributed by atoms with Crippen molar-refractivity contribution in [3.8, 4) is 0 Å². The summed E-state index contributed by atoms with van der Waals surface area (Å²) in [6, 6.07) is 10.9. The average Bonchev–Trinajstić information content (AvgIpc) is 2.63. The van der Waals surface area contributed by atoms with Crippen LogP contribution in [0.2, 0.25) is 0 Å². The van der Waals surface area contributed by atoms with Gasteiger partial charge in [0.25, 0.3) is 11.5 Å². The van der Waals surface area contributed by atoms with Crippen LogP contribution >= 0.6 is 0 Å². The minimum absolute atomic E-state index is 0.123. The van der Waals surface area contributed by atoms with Crippen LogP contribution in [0.3, 0.4) is 0 Å². The van der Waals surface area contributed by atoms with Gasteiger partial charge in [-0.05, 0) is 56.7 Å². The second-order valence-corrected chi connectivity index (χ2v) is 6.20. The predicted octanol–water partition coefficient (Wildman–Crippen LogP) is 3.35. The maximum atomic E-state index is 13.0. The van der Waals surface area contributed by atoms with Crippen molar-refractivity contribution in [2.24, 2.45) is 0 Å². The van der Waals surface area contributed by atoms with Crippen LogP contribution in [0.4, 0.5) is 4.39 Å². The number of carbonyl (C=O) groups excluding carboxylic acids is 1. The van der Waals surface area contributed by atoms with Gasteiger partial charge in [-0.2, -0.15) is 0 Å². The highest BCUT2D eigenvalue weighted by Gasteiger charge is 2.14. The molecule has 6 heteroatoms. The van der Waals surface area contributed by atoms with Crippen LogP contribution in [0.25, 0.3) is 11.0 Å². The largest absolute Gasteiger partial charge is 0.346 e. The van der Waals surface area contributed by atoms with E-state index in [0.29, 0.717) is 28.8 Å². The van der Waals surface area contributed by atoms with E-state index in [4.69, 9.17) is 0 Å². The van der Waals surface area contributed by atoms with E-state index in [9.17, 15) is 14.0 Å². The molecule has 0 saturated heterocycles. The van der Waals surface area contributed by atoms with E-state index in [2.05, 4.69) is 10.3 Å². The monoisotopic (exact) mass is 353 g/mol. The highest BCUT2D eigenvalue weighted by atomic mass is 19.1. The Hall–Kier alpha value is -3.02. The van der Waals surface area contributed by atoms with E-state index >= 15 is 0 Å². The molecule has 3 rings (SSSR count). The fraction of sp³-hybridized carbons (Fsp3) is 0.250. The standard InChI is InChI=1S/C20H20FN3O2/c1-4-24-18-10-7-15(11-17(18)22-13(3)20(24)26)19(25)23-12(2)14-5-8-16(21)9-6-14/h5-12H,4H2,1-3H3,(H,23,25). The average molecular weight is 353 g/mol. The third-order valence-corrected chi connectivity index (χ3v) is 4.41. The van der Waals surface area contributed by atoms with E-state index in [-0.39, 0.29) is 23.3 Å². The Kier molecular flexibility index (Phi) is 4.84. The van der Waals surface area contributed by atoms with Gasteiger partial charge in [-0.15, -0.1) is 0 Å². The van der Waals surface area contributed by atoms with Gasteiger partial charge in [-0.1, -0.05) is 12.1 Å². The summed E-state index contributed by atoms with van der Waals surface area (Å²) in [5, 5.41) is 2.89. The number of aryl methyl sites for hydroxylation is 2. The number of nitrogens with one attached hydrogen (secondary N) is 1. The summed E-state index contributed by atoms with van der Waals surface area (Å²) in [4.78, 5) is 29.0. The normalized spacial score (nSPS) is 12.2. The molecule has 0 fully saturated rings.